The van der Waals surface area contributed by atoms with Gasteiger partial charge in [0, 0.05) is 11.1 Å². The molecule has 7 heteroatoms. The maximum absolute atomic E-state index is 13.3. The number of hydrogen-bond acceptors (Lipinski definition) is 4. The lowest BCUT2D eigenvalue weighted by Crippen LogP contribution is -2.40. The molecule has 1 saturated carbocycles. The number of carbonyl (C=O) groups is 2. The van der Waals surface area contributed by atoms with Crippen LogP contribution in [0, 0.1) is 0 Å². The van der Waals surface area contributed by atoms with Crippen molar-refractivity contribution in [1.82, 2.24) is 4.90 Å². The van der Waals surface area contributed by atoms with Crippen LogP contribution in [-0.2, 0) is 16.0 Å². The fourth-order valence-electron chi connectivity index (χ4n) is 4.94. The summed E-state index contributed by atoms with van der Waals surface area (Å²) in [7, 11) is 1.42. The van der Waals surface area contributed by atoms with Crippen molar-refractivity contribution >= 4 is 40.7 Å². The van der Waals surface area contributed by atoms with E-state index in [1.807, 2.05) is 24.3 Å². The minimum Gasteiger partial charge on any atom is -0.507 e. The quantitative estimate of drug-likeness (QED) is 0.304. The summed E-state index contributed by atoms with van der Waals surface area (Å²) < 4.78 is 5.39. The number of carbonyl (C=O) groups excluding carboxylic acids is 2. The molecule has 5 nitrogen and oxygen atoms in total. The number of hydrogen-bond donors (Lipinski definition) is 1. The van der Waals surface area contributed by atoms with Crippen LogP contribution >= 0.6 is 23.2 Å². The van der Waals surface area contributed by atoms with Gasteiger partial charge in [0.15, 0.2) is 0 Å². The number of aliphatic hydroxyl groups excluding tert-OH is 1. The summed E-state index contributed by atoms with van der Waals surface area (Å²) in [6.07, 6.45) is 5.68. The third-order valence-electron chi connectivity index (χ3n) is 6.62. The number of rotatable bonds is 5. The average molecular weight is 488 g/mol. The van der Waals surface area contributed by atoms with Crippen LogP contribution < -0.4 is 4.74 Å². The van der Waals surface area contributed by atoms with Gasteiger partial charge >= 0.3 is 0 Å². The number of ketones is 1. The van der Waals surface area contributed by atoms with Gasteiger partial charge in [-0.2, -0.15) is 0 Å². The van der Waals surface area contributed by atoms with Gasteiger partial charge in [-0.3, -0.25) is 9.59 Å². The highest BCUT2D eigenvalue weighted by Crippen LogP contribution is 2.45. The number of halogens is 2. The summed E-state index contributed by atoms with van der Waals surface area (Å²) in [6.45, 7) is 2.07. The maximum Gasteiger partial charge on any atom is 0.295 e. The Labute approximate surface area is 203 Å². The van der Waals surface area contributed by atoms with Crippen LogP contribution in [-0.4, -0.2) is 34.8 Å². The van der Waals surface area contributed by atoms with E-state index in [9.17, 15) is 14.7 Å². The highest BCUT2D eigenvalue weighted by molar-refractivity contribution is 6.47. The maximum atomic E-state index is 13.3. The first-order chi connectivity index (χ1) is 15.9. The molecule has 0 bridgehead atoms. The van der Waals surface area contributed by atoms with Crippen molar-refractivity contribution in [2.45, 2.75) is 57.5 Å². The zero-order chi connectivity index (χ0) is 23.7. The van der Waals surface area contributed by atoms with E-state index in [2.05, 4.69) is 6.92 Å². The molecule has 0 aromatic heterocycles. The van der Waals surface area contributed by atoms with E-state index in [-0.39, 0.29) is 38.7 Å². The number of amides is 1. The standard InChI is InChI=1S/C26H27Cl2NO4/c1-3-15-9-11-16(12-10-15)22-21(23(30)19-13-17(27)14-20(28)25(19)33-2)24(31)26(32)29(22)18-7-5-4-6-8-18/h9-14,18,22,30H,3-8H2,1-2H3/b23-21+. The second-order valence-corrected chi connectivity index (χ2v) is 9.41. The normalized spacial score (nSPS) is 21.0. The number of benzene rings is 2. The van der Waals surface area contributed by atoms with Crippen molar-refractivity contribution in [3.8, 4) is 5.75 Å². The van der Waals surface area contributed by atoms with Gasteiger partial charge in [-0.25, -0.2) is 0 Å². The first-order valence-corrected chi connectivity index (χ1v) is 12.0. The minimum absolute atomic E-state index is 0.0338. The van der Waals surface area contributed by atoms with Gasteiger partial charge < -0.3 is 14.7 Å². The highest BCUT2D eigenvalue weighted by atomic mass is 35.5. The molecule has 2 aromatic carbocycles. The molecule has 4 rings (SSSR count). The molecule has 0 spiro atoms. The third-order valence-corrected chi connectivity index (χ3v) is 7.12. The SMILES string of the molecule is CCc1ccc(C2/C(=C(\O)c3cc(Cl)cc(Cl)c3OC)C(=O)C(=O)N2C2CCCCC2)cc1. The zero-order valence-corrected chi connectivity index (χ0v) is 20.2. The average Bonchev–Trinajstić information content (AvgIpc) is 3.09. The Morgan fingerprint density at radius 2 is 1.76 bits per heavy atom. The largest absolute Gasteiger partial charge is 0.507 e. The molecule has 0 radical (unpaired) electrons. The molecule has 1 N–H and O–H groups in total. The van der Waals surface area contributed by atoms with Gasteiger partial charge in [-0.1, -0.05) is 73.7 Å². The number of Topliss-reactive ketones (excluding diaryl/α,β-unsaturated/α-hetero) is 1. The number of methoxy groups -OCH3 is 1. The highest BCUT2D eigenvalue weighted by Gasteiger charge is 2.49. The number of aliphatic hydroxyl groups is 1. The van der Waals surface area contributed by atoms with Gasteiger partial charge in [0.25, 0.3) is 11.7 Å². The fraction of sp³-hybridized carbons (Fsp3) is 0.385. The summed E-state index contributed by atoms with van der Waals surface area (Å²) in [5, 5.41) is 11.9. The molecule has 33 heavy (non-hydrogen) atoms. The fourth-order valence-corrected chi connectivity index (χ4v) is 5.51. The molecule has 1 heterocycles. The molecular weight excluding hydrogens is 461 g/mol. The van der Waals surface area contributed by atoms with Crippen molar-refractivity contribution < 1.29 is 19.4 Å². The van der Waals surface area contributed by atoms with Crippen LogP contribution in [0.15, 0.2) is 42.0 Å². The molecule has 1 amide bonds. The predicted octanol–water partition coefficient (Wildman–Crippen LogP) is 6.32. The molecule has 174 valence electrons. The zero-order valence-electron chi connectivity index (χ0n) is 18.7. The summed E-state index contributed by atoms with van der Waals surface area (Å²) in [5.74, 6) is -1.43. The van der Waals surface area contributed by atoms with Gasteiger partial charge in [-0.15, -0.1) is 0 Å². The predicted molar refractivity (Wildman–Crippen MR) is 130 cm³/mol. The van der Waals surface area contributed by atoms with E-state index < -0.39 is 17.7 Å². The van der Waals surface area contributed by atoms with Gasteiger partial charge in [0.2, 0.25) is 0 Å². The van der Waals surface area contributed by atoms with Crippen molar-refractivity contribution in [2.24, 2.45) is 0 Å². The Morgan fingerprint density at radius 3 is 2.36 bits per heavy atom. The Bertz CT molecular complexity index is 1100. The molecule has 1 aliphatic heterocycles. The summed E-state index contributed by atoms with van der Waals surface area (Å²) in [6, 6.07) is 10.1. The second kappa shape index (κ2) is 9.78. The first kappa shape index (κ1) is 23.7. The van der Waals surface area contributed by atoms with E-state index in [0.29, 0.717) is 0 Å². The van der Waals surface area contributed by atoms with E-state index in [1.165, 1.54) is 19.2 Å². The van der Waals surface area contributed by atoms with Crippen molar-refractivity contribution in [3.05, 3.63) is 68.7 Å². The van der Waals surface area contributed by atoms with Crippen LogP contribution in [0.25, 0.3) is 5.76 Å². The monoisotopic (exact) mass is 487 g/mol. The van der Waals surface area contributed by atoms with E-state index in [0.717, 1.165) is 49.7 Å². The Hall–Kier alpha value is -2.50. The van der Waals surface area contributed by atoms with E-state index >= 15 is 0 Å². The lowest BCUT2D eigenvalue weighted by Gasteiger charge is -2.35. The molecule has 2 aliphatic rings. The molecular formula is C26H27Cl2NO4. The van der Waals surface area contributed by atoms with Gasteiger partial charge in [0.05, 0.1) is 29.3 Å². The number of ether oxygens (including phenoxy) is 1. The molecule has 2 fully saturated rings. The van der Waals surface area contributed by atoms with Crippen LogP contribution in [0.1, 0.15) is 61.8 Å². The lowest BCUT2D eigenvalue weighted by molar-refractivity contribution is -0.141. The third kappa shape index (κ3) is 4.36. The summed E-state index contributed by atoms with van der Waals surface area (Å²) >= 11 is 12.5. The number of nitrogens with zero attached hydrogens (tertiary/aromatic N) is 1. The topological polar surface area (TPSA) is 66.8 Å². The lowest BCUT2D eigenvalue weighted by atomic mass is 9.90. The van der Waals surface area contributed by atoms with Crippen LogP contribution in [0.4, 0.5) is 0 Å². The second-order valence-electron chi connectivity index (χ2n) is 8.56. The summed E-state index contributed by atoms with van der Waals surface area (Å²) in [5.41, 5.74) is 2.15. The van der Waals surface area contributed by atoms with E-state index in [1.54, 1.807) is 4.90 Å². The molecule has 1 atom stereocenters. The van der Waals surface area contributed by atoms with Crippen LogP contribution in [0.3, 0.4) is 0 Å². The van der Waals surface area contributed by atoms with Crippen molar-refractivity contribution in [3.63, 3.8) is 0 Å². The van der Waals surface area contributed by atoms with Crippen LogP contribution in [0.2, 0.25) is 10.0 Å². The molecule has 1 aliphatic carbocycles. The Kier molecular flexibility index (Phi) is 7.01. The number of aryl methyl sites for hydroxylation is 1. The van der Waals surface area contributed by atoms with Gasteiger partial charge in [-0.05, 0) is 42.5 Å². The van der Waals surface area contributed by atoms with Crippen molar-refractivity contribution in [2.75, 3.05) is 7.11 Å². The Morgan fingerprint density at radius 1 is 1.09 bits per heavy atom. The molecule has 1 unspecified atom stereocenters. The minimum atomic E-state index is -0.708. The van der Waals surface area contributed by atoms with E-state index in [4.69, 9.17) is 27.9 Å². The Balaban J connectivity index is 1.92. The smallest absolute Gasteiger partial charge is 0.295 e. The van der Waals surface area contributed by atoms with Gasteiger partial charge in [0.1, 0.15) is 11.5 Å². The molecule has 2 aromatic rings. The first-order valence-electron chi connectivity index (χ1n) is 11.3. The van der Waals surface area contributed by atoms with Crippen molar-refractivity contribution in [1.29, 1.82) is 0 Å². The summed E-state index contributed by atoms with van der Waals surface area (Å²) in [4.78, 5) is 28.3. The molecule has 1 saturated heterocycles. The van der Waals surface area contributed by atoms with Crippen LogP contribution in [0.5, 0.6) is 5.75 Å². The number of likely N-dealkylation sites (tertiary alicyclic amines) is 1.